The Morgan fingerprint density at radius 2 is 1.56 bits per heavy atom. The van der Waals surface area contributed by atoms with Gasteiger partial charge < -0.3 is 15.4 Å². The van der Waals surface area contributed by atoms with Crippen LogP contribution in [0.25, 0.3) is 0 Å². The van der Waals surface area contributed by atoms with E-state index in [1.807, 2.05) is 25.1 Å². The molecule has 0 radical (unpaired) electrons. The van der Waals surface area contributed by atoms with Gasteiger partial charge in [-0.1, -0.05) is 43.6 Å². The minimum absolute atomic E-state index is 0.114. The van der Waals surface area contributed by atoms with Crippen molar-refractivity contribution in [3.63, 3.8) is 0 Å². The van der Waals surface area contributed by atoms with E-state index in [1.165, 1.54) is 0 Å². The maximum absolute atomic E-state index is 12.5. The van der Waals surface area contributed by atoms with Crippen molar-refractivity contribution in [1.82, 2.24) is 0 Å². The number of benzene rings is 3. The molecular weight excluding hydrogens is 424 g/mol. The number of ether oxygens (including phenoxy) is 1. The third kappa shape index (κ3) is 5.89. The molecule has 0 heterocycles. The number of nitrogens with one attached hydrogen (secondary N) is 2. The molecule has 0 saturated carbocycles. The van der Waals surface area contributed by atoms with Crippen molar-refractivity contribution in [2.75, 3.05) is 17.2 Å². The molecule has 3 aromatic rings. The number of carbonyl (C=O) groups is 2. The van der Waals surface area contributed by atoms with Gasteiger partial charge in [-0.3, -0.25) is 9.59 Å². The molecular formula is C26H27ClN2O3. The van der Waals surface area contributed by atoms with Gasteiger partial charge in [0, 0.05) is 22.0 Å². The first-order valence-corrected chi connectivity index (χ1v) is 11.0. The lowest BCUT2D eigenvalue weighted by atomic mass is 10.0. The van der Waals surface area contributed by atoms with Crippen LogP contribution >= 0.6 is 11.6 Å². The first-order chi connectivity index (χ1) is 15.4. The minimum Gasteiger partial charge on any atom is -0.484 e. The third-order valence-electron chi connectivity index (χ3n) is 5.19. The average molecular weight is 451 g/mol. The Labute approximate surface area is 193 Å². The van der Waals surface area contributed by atoms with E-state index in [0.717, 1.165) is 35.2 Å². The largest absolute Gasteiger partial charge is 0.484 e. The normalized spacial score (nSPS) is 10.5. The molecule has 6 heteroatoms. The highest BCUT2D eigenvalue weighted by Gasteiger charge is 2.12. The smallest absolute Gasteiger partial charge is 0.262 e. The zero-order valence-electron chi connectivity index (χ0n) is 18.5. The lowest BCUT2D eigenvalue weighted by Gasteiger charge is -2.15. The molecule has 2 N–H and O–H groups in total. The van der Waals surface area contributed by atoms with Gasteiger partial charge in [0.25, 0.3) is 11.8 Å². The van der Waals surface area contributed by atoms with Gasteiger partial charge in [-0.15, -0.1) is 0 Å². The standard InChI is InChI=1S/C26H27ClN2O3/c1-4-18-7-6-8-19(5-2)25(18)29-24(30)16-32-22-12-9-20(10-13-22)26(31)28-23-14-11-21(27)15-17(23)3/h6-15H,4-5,16H2,1-3H3,(H,28,31)(H,29,30). The quantitative estimate of drug-likeness (QED) is 0.439. The maximum atomic E-state index is 12.5. The number of halogens is 1. The van der Waals surface area contributed by atoms with Gasteiger partial charge in [-0.2, -0.15) is 0 Å². The second kappa shape index (κ2) is 10.8. The summed E-state index contributed by atoms with van der Waals surface area (Å²) in [6, 6.07) is 18.0. The van der Waals surface area contributed by atoms with Crippen LogP contribution in [0.1, 0.15) is 40.9 Å². The van der Waals surface area contributed by atoms with E-state index in [1.54, 1.807) is 42.5 Å². The number of anilines is 2. The molecule has 3 rings (SSSR count). The Hall–Kier alpha value is -3.31. The number of amides is 2. The summed E-state index contributed by atoms with van der Waals surface area (Å²) in [7, 11) is 0. The molecule has 166 valence electrons. The van der Waals surface area contributed by atoms with Crippen molar-refractivity contribution >= 4 is 34.8 Å². The average Bonchev–Trinajstić information content (AvgIpc) is 2.80. The fourth-order valence-corrected chi connectivity index (χ4v) is 3.62. The molecule has 2 amide bonds. The van der Waals surface area contributed by atoms with Gasteiger partial charge in [0.2, 0.25) is 0 Å². The second-order valence-corrected chi connectivity index (χ2v) is 7.87. The van der Waals surface area contributed by atoms with Gasteiger partial charge in [0.15, 0.2) is 6.61 Å². The molecule has 0 aliphatic heterocycles. The van der Waals surface area contributed by atoms with Crippen molar-refractivity contribution in [2.45, 2.75) is 33.6 Å². The third-order valence-corrected chi connectivity index (χ3v) is 5.42. The molecule has 0 unspecified atom stereocenters. The summed E-state index contributed by atoms with van der Waals surface area (Å²) in [5.74, 6) is 0.0579. The zero-order chi connectivity index (χ0) is 23.1. The van der Waals surface area contributed by atoms with Crippen molar-refractivity contribution in [2.24, 2.45) is 0 Å². The Morgan fingerprint density at radius 1 is 0.906 bits per heavy atom. The van der Waals surface area contributed by atoms with Crippen LogP contribution in [0.2, 0.25) is 5.02 Å². The fourth-order valence-electron chi connectivity index (χ4n) is 3.39. The van der Waals surface area contributed by atoms with Crippen LogP contribution in [-0.2, 0) is 17.6 Å². The number of rotatable bonds is 8. The van der Waals surface area contributed by atoms with E-state index in [4.69, 9.17) is 16.3 Å². The first kappa shape index (κ1) is 23.4. The summed E-state index contributed by atoms with van der Waals surface area (Å²) in [4.78, 5) is 25.0. The van der Waals surface area contributed by atoms with Crippen LogP contribution in [0.4, 0.5) is 11.4 Å². The van der Waals surface area contributed by atoms with E-state index in [2.05, 4.69) is 24.5 Å². The van der Waals surface area contributed by atoms with E-state index < -0.39 is 0 Å². The second-order valence-electron chi connectivity index (χ2n) is 7.43. The predicted molar refractivity (Wildman–Crippen MR) is 130 cm³/mol. The Bertz CT molecular complexity index is 1090. The number of aryl methyl sites for hydroxylation is 3. The molecule has 0 bridgehead atoms. The zero-order valence-corrected chi connectivity index (χ0v) is 19.3. The highest BCUT2D eigenvalue weighted by Crippen LogP contribution is 2.23. The van der Waals surface area contributed by atoms with Crippen LogP contribution in [0, 0.1) is 6.92 Å². The summed E-state index contributed by atoms with van der Waals surface area (Å²) in [5, 5.41) is 6.47. The summed E-state index contributed by atoms with van der Waals surface area (Å²) in [6.07, 6.45) is 1.67. The van der Waals surface area contributed by atoms with E-state index in [9.17, 15) is 9.59 Å². The summed E-state index contributed by atoms with van der Waals surface area (Å²) < 4.78 is 5.61. The van der Waals surface area contributed by atoms with Crippen molar-refractivity contribution in [3.8, 4) is 5.75 Å². The Balaban J connectivity index is 1.58. The number of hydrogen-bond acceptors (Lipinski definition) is 3. The van der Waals surface area contributed by atoms with Gasteiger partial charge in [-0.25, -0.2) is 0 Å². The first-order valence-electron chi connectivity index (χ1n) is 10.6. The molecule has 0 atom stereocenters. The van der Waals surface area contributed by atoms with Crippen molar-refractivity contribution in [3.05, 3.63) is 87.9 Å². The van der Waals surface area contributed by atoms with Crippen LogP contribution < -0.4 is 15.4 Å². The van der Waals surface area contributed by atoms with Gasteiger partial charge in [-0.05, 0) is 78.9 Å². The Kier molecular flexibility index (Phi) is 7.90. The van der Waals surface area contributed by atoms with Crippen molar-refractivity contribution in [1.29, 1.82) is 0 Å². The topological polar surface area (TPSA) is 67.4 Å². The highest BCUT2D eigenvalue weighted by molar-refractivity contribution is 6.30. The summed E-state index contributed by atoms with van der Waals surface area (Å²) in [5.41, 5.74) is 5.15. The number of carbonyl (C=O) groups excluding carboxylic acids is 2. The Morgan fingerprint density at radius 3 is 2.16 bits per heavy atom. The van der Waals surface area contributed by atoms with Gasteiger partial charge >= 0.3 is 0 Å². The SMILES string of the molecule is CCc1cccc(CC)c1NC(=O)COc1ccc(C(=O)Nc2ccc(Cl)cc2C)cc1. The molecule has 0 saturated heterocycles. The highest BCUT2D eigenvalue weighted by atomic mass is 35.5. The maximum Gasteiger partial charge on any atom is 0.262 e. The lowest BCUT2D eigenvalue weighted by Crippen LogP contribution is -2.21. The van der Waals surface area contributed by atoms with E-state index in [-0.39, 0.29) is 18.4 Å². The van der Waals surface area contributed by atoms with Gasteiger partial charge in [0.05, 0.1) is 0 Å². The molecule has 5 nitrogen and oxygen atoms in total. The molecule has 0 aliphatic rings. The van der Waals surface area contributed by atoms with Gasteiger partial charge in [0.1, 0.15) is 5.75 Å². The van der Waals surface area contributed by atoms with E-state index >= 15 is 0 Å². The molecule has 0 aliphatic carbocycles. The molecule has 0 aromatic heterocycles. The van der Waals surface area contributed by atoms with Crippen LogP contribution in [0.15, 0.2) is 60.7 Å². The molecule has 3 aromatic carbocycles. The molecule has 32 heavy (non-hydrogen) atoms. The minimum atomic E-state index is -0.233. The lowest BCUT2D eigenvalue weighted by molar-refractivity contribution is -0.118. The van der Waals surface area contributed by atoms with Crippen LogP contribution in [-0.4, -0.2) is 18.4 Å². The number of hydrogen-bond donors (Lipinski definition) is 2. The number of para-hydroxylation sites is 1. The van der Waals surface area contributed by atoms with Crippen LogP contribution in [0.5, 0.6) is 5.75 Å². The summed E-state index contributed by atoms with van der Waals surface area (Å²) >= 11 is 5.96. The monoisotopic (exact) mass is 450 g/mol. The van der Waals surface area contributed by atoms with Crippen LogP contribution in [0.3, 0.4) is 0 Å². The van der Waals surface area contributed by atoms with E-state index in [0.29, 0.717) is 22.0 Å². The summed E-state index contributed by atoms with van der Waals surface area (Å²) in [6.45, 7) is 5.89. The fraction of sp³-hybridized carbons (Fsp3) is 0.231. The molecule has 0 spiro atoms. The van der Waals surface area contributed by atoms with Crippen molar-refractivity contribution < 1.29 is 14.3 Å². The molecule has 0 fully saturated rings. The predicted octanol–water partition coefficient (Wildman–Crippen LogP) is 6.04.